The first-order valence-corrected chi connectivity index (χ1v) is 12.5. The van der Waals surface area contributed by atoms with Crippen molar-refractivity contribution in [1.82, 2.24) is 16.0 Å². The first-order chi connectivity index (χ1) is 18.1. The van der Waals surface area contributed by atoms with Crippen LogP contribution in [0.5, 0.6) is 5.75 Å². The second-order valence-corrected chi connectivity index (χ2v) is 9.14. The van der Waals surface area contributed by atoms with E-state index in [1.807, 2.05) is 6.07 Å². The molecular formula is C27H37N5O6. The van der Waals surface area contributed by atoms with Gasteiger partial charge in [0.05, 0.1) is 6.04 Å². The third-order valence-electron chi connectivity index (χ3n) is 5.96. The molecule has 0 aliphatic rings. The Morgan fingerprint density at radius 3 is 2.00 bits per heavy atom. The fraction of sp³-hybridized carbons (Fsp3) is 0.407. The average molecular weight is 528 g/mol. The van der Waals surface area contributed by atoms with Gasteiger partial charge in [-0.3, -0.25) is 14.4 Å². The van der Waals surface area contributed by atoms with E-state index in [1.54, 1.807) is 36.4 Å². The number of carboxylic acid groups (broad SMARTS) is 1. The Morgan fingerprint density at radius 2 is 1.39 bits per heavy atom. The number of phenols is 1. The molecule has 0 spiro atoms. The molecule has 0 saturated heterocycles. The van der Waals surface area contributed by atoms with Gasteiger partial charge in [0.1, 0.15) is 23.9 Å². The van der Waals surface area contributed by atoms with Gasteiger partial charge in [-0.05, 0) is 62.4 Å². The van der Waals surface area contributed by atoms with Crippen molar-refractivity contribution < 1.29 is 29.4 Å². The minimum atomic E-state index is -1.18. The molecule has 11 nitrogen and oxygen atoms in total. The van der Waals surface area contributed by atoms with Gasteiger partial charge in [0.15, 0.2) is 0 Å². The predicted molar refractivity (Wildman–Crippen MR) is 142 cm³/mol. The van der Waals surface area contributed by atoms with Crippen molar-refractivity contribution in [3.8, 4) is 5.75 Å². The third kappa shape index (κ3) is 10.2. The van der Waals surface area contributed by atoms with E-state index in [9.17, 15) is 29.4 Å². The molecule has 11 heteroatoms. The molecule has 206 valence electrons. The molecule has 0 aliphatic heterocycles. The highest BCUT2D eigenvalue weighted by atomic mass is 16.4. The van der Waals surface area contributed by atoms with E-state index in [2.05, 4.69) is 16.0 Å². The lowest BCUT2D eigenvalue weighted by Gasteiger charge is -2.24. The Hall–Kier alpha value is -3.96. The maximum absolute atomic E-state index is 13.1. The lowest BCUT2D eigenvalue weighted by atomic mass is 10.0. The summed E-state index contributed by atoms with van der Waals surface area (Å²) >= 11 is 0. The molecule has 0 aromatic heterocycles. The summed E-state index contributed by atoms with van der Waals surface area (Å²) < 4.78 is 0. The van der Waals surface area contributed by atoms with Gasteiger partial charge in [-0.2, -0.15) is 0 Å². The molecule has 0 saturated carbocycles. The Kier molecular flexibility index (Phi) is 12.2. The SMILES string of the molecule is CC(NC(=O)C(N)Cc1ccc(O)cc1)C(=O)NC(Cc1ccccc1)C(=O)NC(CCCCN)C(=O)O. The number of hydrogen-bond donors (Lipinski definition) is 7. The van der Waals surface area contributed by atoms with Crippen molar-refractivity contribution in [2.45, 2.75) is 63.2 Å². The van der Waals surface area contributed by atoms with Crippen LogP contribution < -0.4 is 27.4 Å². The van der Waals surface area contributed by atoms with Crippen LogP contribution in [0.4, 0.5) is 0 Å². The van der Waals surface area contributed by atoms with E-state index in [0.717, 1.165) is 11.1 Å². The number of benzene rings is 2. The zero-order chi connectivity index (χ0) is 28.1. The topological polar surface area (TPSA) is 197 Å². The normalized spacial score (nSPS) is 14.0. The number of aromatic hydroxyl groups is 1. The molecule has 0 radical (unpaired) electrons. The largest absolute Gasteiger partial charge is 0.508 e. The zero-order valence-electron chi connectivity index (χ0n) is 21.4. The number of amides is 3. The van der Waals surface area contributed by atoms with Crippen molar-refractivity contribution in [2.75, 3.05) is 6.54 Å². The van der Waals surface area contributed by atoms with E-state index in [0.29, 0.717) is 19.4 Å². The summed E-state index contributed by atoms with van der Waals surface area (Å²) in [5.41, 5.74) is 13.0. The Morgan fingerprint density at radius 1 is 0.789 bits per heavy atom. The number of phenolic OH excluding ortho intramolecular Hbond substituents is 1. The second kappa shape index (κ2) is 15.3. The summed E-state index contributed by atoms with van der Waals surface area (Å²) in [7, 11) is 0. The summed E-state index contributed by atoms with van der Waals surface area (Å²) in [5.74, 6) is -2.92. The van der Waals surface area contributed by atoms with E-state index in [-0.39, 0.29) is 25.0 Å². The first-order valence-electron chi connectivity index (χ1n) is 12.5. The molecule has 9 N–H and O–H groups in total. The molecule has 2 aromatic rings. The molecule has 2 rings (SSSR count). The Labute approximate surface area is 222 Å². The number of rotatable bonds is 15. The molecule has 38 heavy (non-hydrogen) atoms. The number of unbranched alkanes of at least 4 members (excludes halogenated alkanes) is 1. The Bertz CT molecular complexity index is 1060. The number of nitrogens with two attached hydrogens (primary N) is 2. The minimum absolute atomic E-state index is 0.0939. The maximum atomic E-state index is 13.1. The molecule has 0 fully saturated rings. The van der Waals surface area contributed by atoms with Crippen LogP contribution in [0.15, 0.2) is 54.6 Å². The maximum Gasteiger partial charge on any atom is 0.326 e. The van der Waals surface area contributed by atoms with Crippen LogP contribution >= 0.6 is 0 Å². The van der Waals surface area contributed by atoms with E-state index >= 15 is 0 Å². The van der Waals surface area contributed by atoms with E-state index < -0.39 is 47.9 Å². The highest BCUT2D eigenvalue weighted by molar-refractivity contribution is 5.94. The van der Waals surface area contributed by atoms with Gasteiger partial charge in [0.2, 0.25) is 17.7 Å². The van der Waals surface area contributed by atoms with Gasteiger partial charge >= 0.3 is 5.97 Å². The lowest BCUT2D eigenvalue weighted by molar-refractivity contribution is -0.142. The summed E-state index contributed by atoms with van der Waals surface area (Å²) in [6, 6.07) is 11.1. The lowest BCUT2D eigenvalue weighted by Crippen LogP contribution is -2.57. The highest BCUT2D eigenvalue weighted by Gasteiger charge is 2.29. The summed E-state index contributed by atoms with van der Waals surface area (Å²) in [6.45, 7) is 1.88. The third-order valence-corrected chi connectivity index (χ3v) is 5.96. The average Bonchev–Trinajstić information content (AvgIpc) is 2.89. The van der Waals surface area contributed by atoms with Crippen LogP contribution in [-0.2, 0) is 32.0 Å². The number of carbonyl (C=O) groups excluding carboxylic acids is 3. The fourth-order valence-electron chi connectivity index (χ4n) is 3.74. The van der Waals surface area contributed by atoms with Crippen molar-refractivity contribution >= 4 is 23.7 Å². The van der Waals surface area contributed by atoms with Gasteiger partial charge in [-0.25, -0.2) is 4.79 Å². The zero-order valence-corrected chi connectivity index (χ0v) is 21.4. The number of nitrogens with one attached hydrogen (secondary N) is 3. The summed E-state index contributed by atoms with van der Waals surface area (Å²) in [6.07, 6.45) is 1.66. The van der Waals surface area contributed by atoms with Crippen molar-refractivity contribution in [3.63, 3.8) is 0 Å². The molecule has 0 bridgehead atoms. The van der Waals surface area contributed by atoms with Crippen LogP contribution in [0.2, 0.25) is 0 Å². The summed E-state index contributed by atoms with van der Waals surface area (Å²) in [4.78, 5) is 50.2. The van der Waals surface area contributed by atoms with Gasteiger partial charge in [0.25, 0.3) is 0 Å². The minimum Gasteiger partial charge on any atom is -0.508 e. The van der Waals surface area contributed by atoms with Gasteiger partial charge < -0.3 is 37.6 Å². The van der Waals surface area contributed by atoms with Crippen LogP contribution in [0.3, 0.4) is 0 Å². The number of hydrogen-bond acceptors (Lipinski definition) is 7. The molecule has 2 aromatic carbocycles. The standard InChI is InChI=1S/C27H37N5O6/c1-17(30-25(35)21(29)15-19-10-12-20(33)13-11-19)24(34)32-23(16-18-7-3-2-4-8-18)26(36)31-22(27(37)38)9-5-6-14-28/h2-4,7-8,10-13,17,21-23,33H,5-6,9,14-16,28-29H2,1H3,(H,30,35)(H,31,36)(H,32,34)(H,37,38). The van der Waals surface area contributed by atoms with Gasteiger partial charge in [-0.15, -0.1) is 0 Å². The van der Waals surface area contributed by atoms with Crippen molar-refractivity contribution in [2.24, 2.45) is 11.5 Å². The molecule has 4 atom stereocenters. The number of carboxylic acids is 1. The van der Waals surface area contributed by atoms with Crippen molar-refractivity contribution in [3.05, 3.63) is 65.7 Å². The van der Waals surface area contributed by atoms with E-state index in [1.165, 1.54) is 19.1 Å². The molecular weight excluding hydrogens is 490 g/mol. The smallest absolute Gasteiger partial charge is 0.326 e. The van der Waals surface area contributed by atoms with Gasteiger partial charge in [0, 0.05) is 6.42 Å². The van der Waals surface area contributed by atoms with Crippen LogP contribution in [0.1, 0.15) is 37.3 Å². The molecule has 0 heterocycles. The molecule has 4 unspecified atom stereocenters. The fourth-order valence-corrected chi connectivity index (χ4v) is 3.74. The molecule has 0 aliphatic carbocycles. The van der Waals surface area contributed by atoms with Crippen LogP contribution in [-0.4, -0.2) is 64.6 Å². The monoisotopic (exact) mass is 527 g/mol. The highest BCUT2D eigenvalue weighted by Crippen LogP contribution is 2.11. The second-order valence-electron chi connectivity index (χ2n) is 9.14. The van der Waals surface area contributed by atoms with E-state index in [4.69, 9.17) is 11.5 Å². The first kappa shape index (κ1) is 30.3. The predicted octanol–water partition coefficient (Wildman–Crippen LogP) is 0.193. The van der Waals surface area contributed by atoms with Crippen molar-refractivity contribution in [1.29, 1.82) is 0 Å². The number of carbonyl (C=O) groups is 4. The van der Waals surface area contributed by atoms with Crippen LogP contribution in [0.25, 0.3) is 0 Å². The summed E-state index contributed by atoms with van der Waals surface area (Å²) in [5, 5.41) is 26.6. The number of aliphatic carboxylic acids is 1. The van der Waals surface area contributed by atoms with Crippen LogP contribution in [0, 0.1) is 0 Å². The van der Waals surface area contributed by atoms with Gasteiger partial charge in [-0.1, -0.05) is 42.5 Å². The molecule has 3 amide bonds. The quantitative estimate of drug-likeness (QED) is 0.159. The Balaban J connectivity index is 2.04.